The van der Waals surface area contributed by atoms with E-state index in [-0.39, 0.29) is 18.3 Å². The summed E-state index contributed by atoms with van der Waals surface area (Å²) in [4.78, 5) is 19.8. The molecule has 0 aliphatic carbocycles. The van der Waals surface area contributed by atoms with Crippen LogP contribution in [0.1, 0.15) is 18.1 Å². The minimum Gasteiger partial charge on any atom is -0.493 e. The minimum atomic E-state index is -0.293. The highest BCUT2D eigenvalue weighted by atomic mass is 79.9. The van der Waals surface area contributed by atoms with Crippen LogP contribution in [0.25, 0.3) is 6.08 Å². The summed E-state index contributed by atoms with van der Waals surface area (Å²) in [6.45, 7) is 2.67. The molecule has 180 valence electrons. The normalized spacial score (nSPS) is 15.8. The van der Waals surface area contributed by atoms with E-state index >= 15 is 0 Å². The van der Waals surface area contributed by atoms with Gasteiger partial charge in [-0.2, -0.15) is 0 Å². The SMILES string of the molecule is CCN1C(=O)/C(=C/c2ccc(OCc3ccc(F)cc3)c(OC)c2)SC1=Nc1ccc(Br)c(Cl)c1. The second-order valence-corrected chi connectivity index (χ2v) is 9.75. The molecule has 4 rings (SSSR count). The number of carbonyl (C=O) groups excluding carboxylic acids is 1. The van der Waals surface area contributed by atoms with Crippen molar-refractivity contribution in [3.63, 3.8) is 0 Å². The smallest absolute Gasteiger partial charge is 0.266 e. The number of hydrogen-bond donors (Lipinski definition) is 0. The fourth-order valence-electron chi connectivity index (χ4n) is 3.32. The van der Waals surface area contributed by atoms with Crippen molar-refractivity contribution in [2.75, 3.05) is 13.7 Å². The Hall–Kier alpha value is -2.81. The third kappa shape index (κ3) is 6.07. The molecule has 1 aliphatic rings. The monoisotopic (exact) mass is 574 g/mol. The summed E-state index contributed by atoms with van der Waals surface area (Å²) in [7, 11) is 1.55. The molecule has 1 fully saturated rings. The first kappa shape index (κ1) is 25.3. The Balaban J connectivity index is 1.54. The van der Waals surface area contributed by atoms with E-state index in [1.165, 1.54) is 23.9 Å². The average molecular weight is 576 g/mol. The van der Waals surface area contributed by atoms with Gasteiger partial charge in [-0.25, -0.2) is 9.38 Å². The van der Waals surface area contributed by atoms with Crippen LogP contribution >= 0.6 is 39.3 Å². The van der Waals surface area contributed by atoms with Gasteiger partial charge in [0.2, 0.25) is 0 Å². The first-order chi connectivity index (χ1) is 16.9. The predicted octanol–water partition coefficient (Wildman–Crippen LogP) is 7.45. The molecule has 0 spiro atoms. The number of benzene rings is 3. The molecule has 1 aliphatic heterocycles. The summed E-state index contributed by atoms with van der Waals surface area (Å²) in [6, 6.07) is 17.0. The van der Waals surface area contributed by atoms with E-state index in [0.29, 0.717) is 38.8 Å². The molecule has 3 aromatic rings. The summed E-state index contributed by atoms with van der Waals surface area (Å²) >= 11 is 10.9. The molecular weight excluding hydrogens is 555 g/mol. The van der Waals surface area contributed by atoms with E-state index in [4.69, 9.17) is 21.1 Å². The van der Waals surface area contributed by atoms with Gasteiger partial charge in [-0.15, -0.1) is 0 Å². The number of likely N-dealkylation sites (N-methyl/N-ethyl adjacent to an activating group) is 1. The highest BCUT2D eigenvalue weighted by molar-refractivity contribution is 9.10. The van der Waals surface area contributed by atoms with Gasteiger partial charge in [0.25, 0.3) is 5.91 Å². The van der Waals surface area contributed by atoms with Crippen LogP contribution in [0.15, 0.2) is 75.0 Å². The molecule has 1 heterocycles. The summed E-state index contributed by atoms with van der Waals surface area (Å²) in [6.07, 6.45) is 1.80. The zero-order valence-electron chi connectivity index (χ0n) is 18.9. The van der Waals surface area contributed by atoms with Crippen LogP contribution in [0.4, 0.5) is 10.1 Å². The van der Waals surface area contributed by atoms with Crippen molar-refractivity contribution >= 4 is 62.1 Å². The number of hydrogen-bond acceptors (Lipinski definition) is 5. The van der Waals surface area contributed by atoms with Crippen molar-refractivity contribution in [2.45, 2.75) is 13.5 Å². The van der Waals surface area contributed by atoms with Gasteiger partial charge in [-0.3, -0.25) is 9.69 Å². The van der Waals surface area contributed by atoms with Crippen molar-refractivity contribution in [2.24, 2.45) is 4.99 Å². The lowest BCUT2D eigenvalue weighted by Gasteiger charge is -2.12. The van der Waals surface area contributed by atoms with Gasteiger partial charge < -0.3 is 9.47 Å². The topological polar surface area (TPSA) is 51.1 Å². The van der Waals surface area contributed by atoms with Crippen LogP contribution in [-0.4, -0.2) is 29.6 Å². The molecule has 3 aromatic carbocycles. The van der Waals surface area contributed by atoms with Crippen molar-refractivity contribution < 1.29 is 18.7 Å². The molecule has 5 nitrogen and oxygen atoms in total. The van der Waals surface area contributed by atoms with Gasteiger partial charge in [0.15, 0.2) is 16.7 Å². The summed E-state index contributed by atoms with van der Waals surface area (Å²) in [5.41, 5.74) is 2.29. The Labute approximate surface area is 220 Å². The number of carbonyl (C=O) groups is 1. The highest BCUT2D eigenvalue weighted by Crippen LogP contribution is 2.36. The molecular formula is C26H21BrClFN2O3S. The third-order valence-electron chi connectivity index (χ3n) is 5.13. The van der Waals surface area contributed by atoms with Crippen molar-refractivity contribution in [3.05, 3.63) is 92.0 Å². The first-order valence-corrected chi connectivity index (χ1v) is 12.7. The lowest BCUT2D eigenvalue weighted by Crippen LogP contribution is -2.28. The fourth-order valence-corrected chi connectivity index (χ4v) is 4.81. The lowest BCUT2D eigenvalue weighted by atomic mass is 10.1. The van der Waals surface area contributed by atoms with E-state index in [0.717, 1.165) is 15.6 Å². The molecule has 9 heteroatoms. The highest BCUT2D eigenvalue weighted by Gasteiger charge is 2.32. The maximum atomic E-state index is 13.1. The zero-order valence-corrected chi connectivity index (χ0v) is 22.1. The van der Waals surface area contributed by atoms with Crippen molar-refractivity contribution in [3.8, 4) is 11.5 Å². The quantitative estimate of drug-likeness (QED) is 0.275. The fraction of sp³-hybridized carbons (Fsp3) is 0.154. The predicted molar refractivity (Wildman–Crippen MR) is 143 cm³/mol. The molecule has 0 unspecified atom stereocenters. The number of thioether (sulfide) groups is 1. The van der Waals surface area contributed by atoms with Crippen LogP contribution in [0.5, 0.6) is 11.5 Å². The molecule has 1 amide bonds. The van der Waals surface area contributed by atoms with E-state index in [9.17, 15) is 9.18 Å². The molecule has 35 heavy (non-hydrogen) atoms. The van der Waals surface area contributed by atoms with Crippen LogP contribution in [0, 0.1) is 5.82 Å². The Morgan fingerprint density at radius 1 is 1.11 bits per heavy atom. The molecule has 0 atom stereocenters. The minimum absolute atomic E-state index is 0.116. The second-order valence-electron chi connectivity index (χ2n) is 7.48. The number of nitrogens with zero attached hydrogens (tertiary/aromatic N) is 2. The first-order valence-electron chi connectivity index (χ1n) is 10.7. The number of halogens is 3. The average Bonchev–Trinajstić information content (AvgIpc) is 3.14. The maximum absolute atomic E-state index is 13.1. The lowest BCUT2D eigenvalue weighted by molar-refractivity contribution is -0.122. The van der Waals surface area contributed by atoms with Gasteiger partial charge in [0, 0.05) is 11.0 Å². The number of amides is 1. The number of amidine groups is 1. The summed E-state index contributed by atoms with van der Waals surface area (Å²) in [5, 5.41) is 1.14. The van der Waals surface area contributed by atoms with E-state index in [1.807, 2.05) is 25.1 Å². The van der Waals surface area contributed by atoms with Gasteiger partial charge >= 0.3 is 0 Å². The molecule has 0 saturated carbocycles. The number of ether oxygens (including phenoxy) is 2. The molecule has 0 radical (unpaired) electrons. The zero-order chi connectivity index (χ0) is 24.9. The Morgan fingerprint density at radius 2 is 1.89 bits per heavy atom. The second kappa shape index (κ2) is 11.3. The third-order valence-corrected chi connectivity index (χ3v) is 7.36. The number of methoxy groups -OCH3 is 1. The van der Waals surface area contributed by atoms with Crippen LogP contribution in [0.2, 0.25) is 5.02 Å². The van der Waals surface area contributed by atoms with E-state index in [1.54, 1.807) is 48.4 Å². The van der Waals surface area contributed by atoms with Crippen LogP contribution in [-0.2, 0) is 11.4 Å². The molecule has 1 saturated heterocycles. The van der Waals surface area contributed by atoms with Gasteiger partial charge in [0.05, 0.1) is 22.7 Å². The summed E-state index contributed by atoms with van der Waals surface area (Å²) < 4.78 is 25.2. The van der Waals surface area contributed by atoms with Gasteiger partial charge in [-0.1, -0.05) is 29.8 Å². The number of rotatable bonds is 7. The van der Waals surface area contributed by atoms with Crippen LogP contribution < -0.4 is 9.47 Å². The van der Waals surface area contributed by atoms with E-state index in [2.05, 4.69) is 20.9 Å². The van der Waals surface area contributed by atoms with Gasteiger partial charge in [-0.05, 0) is 94.3 Å². The van der Waals surface area contributed by atoms with Crippen LogP contribution in [0.3, 0.4) is 0 Å². The summed E-state index contributed by atoms with van der Waals surface area (Å²) in [5.74, 6) is 0.671. The Morgan fingerprint density at radius 3 is 2.57 bits per heavy atom. The van der Waals surface area contributed by atoms with Crippen molar-refractivity contribution in [1.82, 2.24) is 4.90 Å². The molecule has 0 bridgehead atoms. The molecule has 0 N–H and O–H groups in total. The molecule has 0 aromatic heterocycles. The standard InChI is InChI=1S/C26H21BrClFN2O3S/c1-3-31-25(32)24(35-26(31)30-19-9-10-20(27)21(28)14-19)13-17-6-11-22(23(12-17)33-2)34-15-16-4-7-18(29)8-5-16/h4-14H,3,15H2,1-2H3/b24-13-,30-26?. The Kier molecular flexibility index (Phi) is 8.15. The van der Waals surface area contributed by atoms with Crippen molar-refractivity contribution in [1.29, 1.82) is 0 Å². The Bertz CT molecular complexity index is 1310. The van der Waals surface area contributed by atoms with Gasteiger partial charge in [0.1, 0.15) is 12.4 Å². The maximum Gasteiger partial charge on any atom is 0.266 e. The van der Waals surface area contributed by atoms with E-state index < -0.39 is 0 Å². The largest absolute Gasteiger partial charge is 0.493 e. The number of aliphatic imine (C=N–C) groups is 1.